The van der Waals surface area contributed by atoms with Crippen molar-refractivity contribution in [3.63, 3.8) is 0 Å². The second kappa shape index (κ2) is 7.40. The first-order valence-electron chi connectivity index (χ1n) is 7.93. The predicted octanol–water partition coefficient (Wildman–Crippen LogP) is 1.14. The summed E-state index contributed by atoms with van der Waals surface area (Å²) >= 11 is 0. The van der Waals surface area contributed by atoms with Crippen LogP contribution in [-0.4, -0.2) is 31.4 Å². The molecule has 22 heavy (non-hydrogen) atoms. The molecule has 2 atom stereocenters. The smallest absolute Gasteiger partial charge is 0.279 e. The largest absolute Gasteiger partial charge is 0.327 e. The molecule has 3 N–H and O–H groups in total. The molecule has 0 unspecified atom stereocenters. The second-order valence-electron chi connectivity index (χ2n) is 6.59. The van der Waals surface area contributed by atoms with Gasteiger partial charge in [-0.1, -0.05) is 13.8 Å². The molecule has 1 aliphatic heterocycles. The fraction of sp³-hybridized carbons (Fsp3) is 0.529. The van der Waals surface area contributed by atoms with E-state index in [9.17, 15) is 9.59 Å². The molecule has 1 aliphatic rings. The maximum Gasteiger partial charge on any atom is 0.279 e. The van der Waals surface area contributed by atoms with Gasteiger partial charge in [0.25, 0.3) is 5.91 Å². The first kappa shape index (κ1) is 16.5. The molecular formula is C17H26N3O2+. The van der Waals surface area contributed by atoms with Crippen molar-refractivity contribution in [3.05, 3.63) is 24.3 Å². The number of hydrogen-bond donors (Lipinski definition) is 3. The fourth-order valence-electron chi connectivity index (χ4n) is 3.34. The Morgan fingerprint density at radius 3 is 2.05 bits per heavy atom. The van der Waals surface area contributed by atoms with Crippen molar-refractivity contribution in [3.8, 4) is 0 Å². The molecule has 1 saturated heterocycles. The normalized spacial score (nSPS) is 24.6. The molecule has 0 spiro atoms. The van der Waals surface area contributed by atoms with E-state index in [1.807, 2.05) is 0 Å². The van der Waals surface area contributed by atoms with Crippen LogP contribution in [-0.2, 0) is 9.59 Å². The average molecular weight is 304 g/mol. The minimum Gasteiger partial charge on any atom is -0.327 e. The lowest BCUT2D eigenvalue weighted by molar-refractivity contribution is -0.904. The summed E-state index contributed by atoms with van der Waals surface area (Å²) in [6.07, 6.45) is 1.26. The van der Waals surface area contributed by atoms with E-state index in [4.69, 9.17) is 0 Å². The number of nitrogens with one attached hydrogen (secondary N) is 3. The minimum atomic E-state index is -0.103. The zero-order chi connectivity index (χ0) is 16.1. The summed E-state index contributed by atoms with van der Waals surface area (Å²) in [6, 6.07) is 7.18. The Bertz CT molecular complexity index is 517. The van der Waals surface area contributed by atoms with E-state index in [2.05, 4.69) is 24.5 Å². The Morgan fingerprint density at radius 1 is 1.05 bits per heavy atom. The van der Waals surface area contributed by atoms with Gasteiger partial charge in [-0.3, -0.25) is 9.59 Å². The van der Waals surface area contributed by atoms with Crippen molar-refractivity contribution >= 4 is 23.2 Å². The van der Waals surface area contributed by atoms with Gasteiger partial charge in [-0.2, -0.15) is 0 Å². The van der Waals surface area contributed by atoms with Crippen molar-refractivity contribution < 1.29 is 14.5 Å². The number of hydrogen-bond acceptors (Lipinski definition) is 2. The number of amides is 2. The zero-order valence-electron chi connectivity index (χ0n) is 13.6. The Kier molecular flexibility index (Phi) is 5.55. The van der Waals surface area contributed by atoms with E-state index in [0.717, 1.165) is 24.5 Å². The minimum absolute atomic E-state index is 0.0450. The van der Waals surface area contributed by atoms with Crippen molar-refractivity contribution in [2.75, 3.05) is 30.3 Å². The van der Waals surface area contributed by atoms with Gasteiger partial charge in [-0.25, -0.2) is 0 Å². The Hall–Kier alpha value is -1.88. The van der Waals surface area contributed by atoms with E-state index in [1.54, 1.807) is 24.3 Å². The first-order chi connectivity index (χ1) is 10.4. The molecule has 0 aromatic heterocycles. The van der Waals surface area contributed by atoms with Crippen molar-refractivity contribution in [1.29, 1.82) is 0 Å². The molecule has 5 nitrogen and oxygen atoms in total. The van der Waals surface area contributed by atoms with Crippen LogP contribution in [0.2, 0.25) is 0 Å². The van der Waals surface area contributed by atoms with Crippen molar-refractivity contribution in [2.24, 2.45) is 11.8 Å². The molecule has 0 radical (unpaired) electrons. The molecule has 5 heteroatoms. The number of carbonyl (C=O) groups is 2. The quantitative estimate of drug-likeness (QED) is 0.781. The highest BCUT2D eigenvalue weighted by molar-refractivity contribution is 5.92. The maximum absolute atomic E-state index is 12.2. The van der Waals surface area contributed by atoms with Crippen LogP contribution in [0.1, 0.15) is 27.2 Å². The lowest BCUT2D eigenvalue weighted by Gasteiger charge is -2.31. The van der Waals surface area contributed by atoms with Crippen LogP contribution in [0.5, 0.6) is 0 Å². The maximum atomic E-state index is 12.2. The van der Waals surface area contributed by atoms with Crippen LogP contribution in [0.4, 0.5) is 11.4 Å². The zero-order valence-corrected chi connectivity index (χ0v) is 13.6. The van der Waals surface area contributed by atoms with Crippen LogP contribution in [0.3, 0.4) is 0 Å². The average Bonchev–Trinajstić information content (AvgIpc) is 2.39. The van der Waals surface area contributed by atoms with Gasteiger partial charge in [0.15, 0.2) is 6.54 Å². The summed E-state index contributed by atoms with van der Waals surface area (Å²) in [5.41, 5.74) is 1.49. The second-order valence-corrected chi connectivity index (χ2v) is 6.59. The number of rotatable bonds is 4. The van der Waals surface area contributed by atoms with Crippen LogP contribution in [0.25, 0.3) is 0 Å². The topological polar surface area (TPSA) is 62.6 Å². The Labute approximate surface area is 132 Å². The highest BCUT2D eigenvalue weighted by atomic mass is 16.2. The molecule has 0 aliphatic carbocycles. The van der Waals surface area contributed by atoms with Gasteiger partial charge in [0.1, 0.15) is 0 Å². The van der Waals surface area contributed by atoms with E-state index >= 15 is 0 Å². The lowest BCUT2D eigenvalue weighted by Crippen LogP contribution is -3.15. The summed E-state index contributed by atoms with van der Waals surface area (Å²) < 4.78 is 0. The summed E-state index contributed by atoms with van der Waals surface area (Å²) in [7, 11) is 0. The lowest BCUT2D eigenvalue weighted by atomic mass is 9.92. The summed E-state index contributed by atoms with van der Waals surface area (Å²) in [5.74, 6) is 1.31. The summed E-state index contributed by atoms with van der Waals surface area (Å²) in [6.45, 7) is 8.64. The third kappa shape index (κ3) is 5.15. The molecule has 2 rings (SSSR count). The van der Waals surface area contributed by atoms with Crippen LogP contribution >= 0.6 is 0 Å². The third-order valence-electron chi connectivity index (χ3n) is 3.98. The van der Waals surface area contributed by atoms with Crippen molar-refractivity contribution in [1.82, 2.24) is 0 Å². The predicted molar refractivity (Wildman–Crippen MR) is 87.9 cm³/mol. The standard InChI is InChI=1S/C17H25N3O2/c1-12-8-13(2)10-20(9-12)11-17(22)19-16-6-4-15(5-7-16)18-14(3)21/h4-7,12-13H,8-11H2,1-3H3,(H,18,21)(H,19,22)/p+1/t12-,13-/m0/s1. The third-order valence-corrected chi connectivity index (χ3v) is 3.98. The fourth-order valence-corrected chi connectivity index (χ4v) is 3.34. The van der Waals surface area contributed by atoms with Crippen LogP contribution in [0.15, 0.2) is 24.3 Å². The van der Waals surface area contributed by atoms with E-state index in [1.165, 1.54) is 18.2 Å². The van der Waals surface area contributed by atoms with Crippen LogP contribution in [0, 0.1) is 11.8 Å². The first-order valence-corrected chi connectivity index (χ1v) is 7.93. The van der Waals surface area contributed by atoms with Gasteiger partial charge in [-0.05, 0) is 30.7 Å². The Morgan fingerprint density at radius 2 is 1.55 bits per heavy atom. The summed E-state index contributed by atoms with van der Waals surface area (Å²) in [4.78, 5) is 24.5. The molecule has 1 fully saturated rings. The molecule has 0 bridgehead atoms. The molecule has 1 aromatic carbocycles. The molecule has 1 aromatic rings. The van der Waals surface area contributed by atoms with E-state index in [-0.39, 0.29) is 11.8 Å². The molecule has 0 saturated carbocycles. The molecule has 120 valence electrons. The van der Waals surface area contributed by atoms with Gasteiger partial charge < -0.3 is 15.5 Å². The molecule has 1 heterocycles. The van der Waals surface area contributed by atoms with Gasteiger partial charge in [-0.15, -0.1) is 0 Å². The Balaban J connectivity index is 1.85. The SMILES string of the molecule is CC(=O)Nc1ccc(NC(=O)C[NH+]2C[C@@H](C)C[C@H](C)C2)cc1. The number of quaternary nitrogens is 1. The number of benzene rings is 1. The highest BCUT2D eigenvalue weighted by Crippen LogP contribution is 2.14. The van der Waals surface area contributed by atoms with E-state index < -0.39 is 0 Å². The number of likely N-dealkylation sites (tertiary alicyclic amines) is 1. The highest BCUT2D eigenvalue weighted by Gasteiger charge is 2.26. The van der Waals surface area contributed by atoms with Gasteiger partial charge in [0.2, 0.25) is 5.91 Å². The van der Waals surface area contributed by atoms with Gasteiger partial charge in [0.05, 0.1) is 13.1 Å². The van der Waals surface area contributed by atoms with Crippen LogP contribution < -0.4 is 15.5 Å². The monoisotopic (exact) mass is 304 g/mol. The molecular weight excluding hydrogens is 278 g/mol. The summed E-state index contributed by atoms with van der Waals surface area (Å²) in [5, 5.41) is 5.63. The molecule has 2 amide bonds. The van der Waals surface area contributed by atoms with E-state index in [0.29, 0.717) is 18.4 Å². The van der Waals surface area contributed by atoms with Gasteiger partial charge >= 0.3 is 0 Å². The van der Waals surface area contributed by atoms with Crippen molar-refractivity contribution in [2.45, 2.75) is 27.2 Å². The number of piperidine rings is 1. The van der Waals surface area contributed by atoms with Gasteiger partial charge in [0, 0.05) is 30.1 Å². The number of carbonyl (C=O) groups excluding carboxylic acids is 2. The number of anilines is 2.